The Morgan fingerprint density at radius 1 is 1.35 bits per heavy atom. The topological polar surface area (TPSA) is 64.3 Å². The first kappa shape index (κ1) is 16.0. The highest BCUT2D eigenvalue weighted by Crippen LogP contribution is 2.13. The summed E-state index contributed by atoms with van der Waals surface area (Å²) in [7, 11) is 2.12. The molecule has 2 aromatic rings. The molecule has 1 aliphatic heterocycles. The van der Waals surface area contributed by atoms with E-state index < -0.39 is 0 Å². The Balaban J connectivity index is 1.56. The van der Waals surface area contributed by atoms with Crippen LogP contribution in [0.2, 0.25) is 0 Å². The number of imidazole rings is 1. The molecule has 0 radical (unpaired) electrons. The van der Waals surface area contributed by atoms with E-state index in [2.05, 4.69) is 38.2 Å². The van der Waals surface area contributed by atoms with Crippen LogP contribution in [0.4, 0.5) is 0 Å². The van der Waals surface area contributed by atoms with Gasteiger partial charge in [0.2, 0.25) is 5.91 Å². The van der Waals surface area contributed by atoms with E-state index in [4.69, 9.17) is 0 Å². The fraction of sp³-hybridized carbons (Fsp3) is 0.529. The highest BCUT2D eigenvalue weighted by molar-refractivity contribution is 5.81. The lowest BCUT2D eigenvalue weighted by Crippen LogP contribution is -2.52. The SMILES string of the molecule is Cc1nc2ccc(CNC(=O)[C@H](C)N3CCN(C)CC3)cc2[nH]1. The third kappa shape index (κ3) is 3.71. The van der Waals surface area contributed by atoms with E-state index in [1.165, 1.54) is 0 Å². The molecule has 1 fully saturated rings. The van der Waals surface area contributed by atoms with Crippen LogP contribution in [0.15, 0.2) is 18.2 Å². The van der Waals surface area contributed by atoms with Crippen LogP contribution in [0, 0.1) is 6.92 Å². The summed E-state index contributed by atoms with van der Waals surface area (Å²) in [5.74, 6) is 1.00. The molecule has 6 nitrogen and oxygen atoms in total. The maximum Gasteiger partial charge on any atom is 0.237 e. The van der Waals surface area contributed by atoms with Crippen LogP contribution >= 0.6 is 0 Å². The van der Waals surface area contributed by atoms with Gasteiger partial charge in [0.1, 0.15) is 5.82 Å². The van der Waals surface area contributed by atoms with Crippen LogP contribution in [0.25, 0.3) is 11.0 Å². The van der Waals surface area contributed by atoms with Gasteiger partial charge in [0, 0.05) is 32.7 Å². The molecule has 1 aromatic carbocycles. The second kappa shape index (κ2) is 6.68. The monoisotopic (exact) mass is 315 g/mol. The van der Waals surface area contributed by atoms with Crippen molar-refractivity contribution in [2.75, 3.05) is 33.2 Å². The third-order valence-corrected chi connectivity index (χ3v) is 4.60. The van der Waals surface area contributed by atoms with E-state index in [0.29, 0.717) is 6.54 Å². The highest BCUT2D eigenvalue weighted by atomic mass is 16.2. The molecule has 2 N–H and O–H groups in total. The molecular formula is C17H25N5O. The Bertz CT molecular complexity index is 687. The molecule has 0 saturated carbocycles. The lowest BCUT2D eigenvalue weighted by molar-refractivity contribution is -0.126. The van der Waals surface area contributed by atoms with Gasteiger partial charge in [0.25, 0.3) is 0 Å². The van der Waals surface area contributed by atoms with Gasteiger partial charge in [-0.1, -0.05) is 6.07 Å². The number of fused-ring (bicyclic) bond motifs is 1. The van der Waals surface area contributed by atoms with E-state index in [9.17, 15) is 4.79 Å². The summed E-state index contributed by atoms with van der Waals surface area (Å²) < 4.78 is 0. The van der Waals surface area contributed by atoms with E-state index in [0.717, 1.165) is 48.6 Å². The quantitative estimate of drug-likeness (QED) is 0.887. The molecule has 1 aromatic heterocycles. The van der Waals surface area contributed by atoms with Crippen LogP contribution < -0.4 is 5.32 Å². The van der Waals surface area contributed by atoms with E-state index >= 15 is 0 Å². The summed E-state index contributed by atoms with van der Waals surface area (Å²) in [6, 6.07) is 5.98. The van der Waals surface area contributed by atoms with Crippen LogP contribution in [0.1, 0.15) is 18.3 Å². The first-order valence-electron chi connectivity index (χ1n) is 8.18. The minimum absolute atomic E-state index is 0.0816. The number of amides is 1. The number of aryl methyl sites for hydroxylation is 1. The zero-order valence-electron chi connectivity index (χ0n) is 14.1. The van der Waals surface area contributed by atoms with Crippen molar-refractivity contribution < 1.29 is 4.79 Å². The summed E-state index contributed by atoms with van der Waals surface area (Å²) in [6.45, 7) is 8.42. The minimum Gasteiger partial charge on any atom is -0.351 e. The molecule has 124 valence electrons. The zero-order chi connectivity index (χ0) is 16.4. The van der Waals surface area contributed by atoms with Crippen LogP contribution in [0.3, 0.4) is 0 Å². The summed E-state index contributed by atoms with van der Waals surface area (Å²) >= 11 is 0. The van der Waals surface area contributed by atoms with Gasteiger partial charge in [0.15, 0.2) is 0 Å². The van der Waals surface area contributed by atoms with Gasteiger partial charge in [-0.3, -0.25) is 9.69 Å². The van der Waals surface area contributed by atoms with Gasteiger partial charge in [-0.25, -0.2) is 4.98 Å². The van der Waals surface area contributed by atoms with Crippen LogP contribution in [-0.4, -0.2) is 64.9 Å². The molecule has 0 bridgehead atoms. The fourth-order valence-corrected chi connectivity index (χ4v) is 3.01. The molecule has 1 amide bonds. The lowest BCUT2D eigenvalue weighted by Gasteiger charge is -2.35. The molecule has 23 heavy (non-hydrogen) atoms. The van der Waals surface area contributed by atoms with Crippen molar-refractivity contribution >= 4 is 16.9 Å². The Labute approximate surface area is 136 Å². The van der Waals surface area contributed by atoms with E-state index in [1.807, 2.05) is 26.0 Å². The maximum atomic E-state index is 12.4. The molecule has 3 rings (SSSR count). The van der Waals surface area contributed by atoms with Crippen LogP contribution in [-0.2, 0) is 11.3 Å². The highest BCUT2D eigenvalue weighted by Gasteiger charge is 2.24. The number of nitrogens with zero attached hydrogens (tertiary/aromatic N) is 3. The Kier molecular flexibility index (Phi) is 4.63. The summed E-state index contributed by atoms with van der Waals surface area (Å²) in [6.07, 6.45) is 0. The number of piperazine rings is 1. The standard InChI is InChI=1S/C17H25N5O/c1-12(22-8-6-21(3)7-9-22)17(23)18-11-14-4-5-15-16(10-14)20-13(2)19-15/h4-5,10,12H,6-9,11H2,1-3H3,(H,18,23)(H,19,20)/t12-/m0/s1. The largest absolute Gasteiger partial charge is 0.351 e. The third-order valence-electron chi connectivity index (χ3n) is 4.60. The Hall–Kier alpha value is -1.92. The predicted molar refractivity (Wildman–Crippen MR) is 91.2 cm³/mol. The molecule has 6 heteroatoms. The molecular weight excluding hydrogens is 290 g/mol. The molecule has 0 aliphatic carbocycles. The predicted octanol–water partition coefficient (Wildman–Crippen LogP) is 1.12. The summed E-state index contributed by atoms with van der Waals surface area (Å²) in [5, 5.41) is 3.05. The normalized spacial score (nSPS) is 18.2. The number of nitrogens with one attached hydrogen (secondary N) is 2. The van der Waals surface area contributed by atoms with Crippen LogP contribution in [0.5, 0.6) is 0 Å². The number of likely N-dealkylation sites (N-methyl/N-ethyl adjacent to an activating group) is 1. The van der Waals surface area contributed by atoms with Gasteiger partial charge in [0.05, 0.1) is 17.1 Å². The second-order valence-electron chi connectivity index (χ2n) is 6.41. The molecule has 1 saturated heterocycles. The zero-order valence-corrected chi connectivity index (χ0v) is 14.1. The number of aromatic nitrogens is 2. The number of carbonyl (C=O) groups excluding carboxylic acids is 1. The number of H-pyrrole nitrogens is 1. The number of benzene rings is 1. The van der Waals surface area contributed by atoms with Crippen molar-refractivity contribution in [3.05, 3.63) is 29.6 Å². The average Bonchev–Trinajstić information content (AvgIpc) is 2.92. The molecule has 2 heterocycles. The fourth-order valence-electron chi connectivity index (χ4n) is 3.01. The summed E-state index contributed by atoms with van der Waals surface area (Å²) in [4.78, 5) is 24.5. The number of aromatic amines is 1. The van der Waals surface area contributed by atoms with Gasteiger partial charge >= 0.3 is 0 Å². The van der Waals surface area contributed by atoms with Gasteiger partial charge < -0.3 is 15.2 Å². The van der Waals surface area contributed by atoms with Crippen molar-refractivity contribution in [1.29, 1.82) is 0 Å². The Morgan fingerprint density at radius 2 is 2.09 bits per heavy atom. The average molecular weight is 315 g/mol. The minimum atomic E-state index is -0.0816. The lowest BCUT2D eigenvalue weighted by atomic mass is 10.2. The van der Waals surface area contributed by atoms with Crippen molar-refractivity contribution in [3.8, 4) is 0 Å². The smallest absolute Gasteiger partial charge is 0.237 e. The maximum absolute atomic E-state index is 12.4. The van der Waals surface area contributed by atoms with Crippen molar-refractivity contribution in [1.82, 2.24) is 25.1 Å². The first-order chi connectivity index (χ1) is 11.0. The molecule has 0 spiro atoms. The number of hydrogen-bond acceptors (Lipinski definition) is 4. The first-order valence-corrected chi connectivity index (χ1v) is 8.18. The van der Waals surface area contributed by atoms with E-state index in [1.54, 1.807) is 0 Å². The van der Waals surface area contributed by atoms with Gasteiger partial charge in [-0.05, 0) is 38.6 Å². The Morgan fingerprint density at radius 3 is 2.83 bits per heavy atom. The van der Waals surface area contributed by atoms with Gasteiger partial charge in [-0.15, -0.1) is 0 Å². The molecule has 1 aliphatic rings. The second-order valence-corrected chi connectivity index (χ2v) is 6.41. The van der Waals surface area contributed by atoms with E-state index in [-0.39, 0.29) is 11.9 Å². The molecule has 0 unspecified atom stereocenters. The van der Waals surface area contributed by atoms with Gasteiger partial charge in [-0.2, -0.15) is 0 Å². The number of carbonyl (C=O) groups is 1. The van der Waals surface area contributed by atoms with Crippen molar-refractivity contribution in [2.45, 2.75) is 26.4 Å². The number of rotatable bonds is 4. The molecule has 1 atom stereocenters. The van der Waals surface area contributed by atoms with Crippen molar-refractivity contribution in [2.24, 2.45) is 0 Å². The number of hydrogen-bond donors (Lipinski definition) is 2. The summed E-state index contributed by atoms with van der Waals surface area (Å²) in [5.41, 5.74) is 3.06. The van der Waals surface area contributed by atoms with Crippen molar-refractivity contribution in [3.63, 3.8) is 0 Å².